The lowest BCUT2D eigenvalue weighted by Gasteiger charge is -2.04. The molecule has 2 aromatic carbocycles. The second-order valence-electron chi connectivity index (χ2n) is 4.11. The Bertz CT molecular complexity index is 693. The summed E-state index contributed by atoms with van der Waals surface area (Å²) in [5, 5.41) is 0.374. The number of aldehydes is 1. The van der Waals surface area contributed by atoms with Gasteiger partial charge in [0.1, 0.15) is 11.6 Å². The van der Waals surface area contributed by atoms with Gasteiger partial charge in [0.05, 0.1) is 5.56 Å². The quantitative estimate of drug-likeness (QED) is 0.372. The monoisotopic (exact) mass is 304 g/mol. The second-order valence-corrected chi connectivity index (χ2v) is 4.54. The van der Waals surface area contributed by atoms with Crippen LogP contribution < -0.4 is 4.74 Å². The van der Waals surface area contributed by atoms with Gasteiger partial charge in [0.25, 0.3) is 0 Å². The van der Waals surface area contributed by atoms with Gasteiger partial charge in [-0.1, -0.05) is 23.7 Å². The molecule has 0 N–H and O–H groups in total. The zero-order valence-electron chi connectivity index (χ0n) is 10.8. The van der Waals surface area contributed by atoms with Crippen LogP contribution in [0, 0.1) is 5.82 Å². The molecule has 0 aliphatic rings. The van der Waals surface area contributed by atoms with Gasteiger partial charge in [0.2, 0.25) is 0 Å². The summed E-state index contributed by atoms with van der Waals surface area (Å²) < 4.78 is 17.8. The number of halogens is 2. The SMILES string of the molecule is O=Cc1cc(Cl)ccc1OC(=O)/C=C/c1ccc(F)cc1. The fourth-order valence-corrected chi connectivity index (χ4v) is 1.77. The lowest BCUT2D eigenvalue weighted by molar-refractivity contribution is -0.128. The average Bonchev–Trinajstić information content (AvgIpc) is 2.48. The molecule has 0 atom stereocenters. The molecular weight excluding hydrogens is 295 g/mol. The number of ether oxygens (including phenoxy) is 1. The third kappa shape index (κ3) is 4.26. The summed E-state index contributed by atoms with van der Waals surface area (Å²) in [6, 6.07) is 9.98. The largest absolute Gasteiger partial charge is 0.423 e. The smallest absolute Gasteiger partial charge is 0.336 e. The number of benzene rings is 2. The molecular formula is C16H10ClFO3. The van der Waals surface area contributed by atoms with E-state index in [0.29, 0.717) is 16.9 Å². The fraction of sp³-hybridized carbons (Fsp3) is 0. The summed E-state index contributed by atoms with van der Waals surface area (Å²) >= 11 is 5.74. The standard InChI is InChI=1S/C16H10ClFO3/c17-13-4-7-15(12(9-13)10-19)21-16(20)8-3-11-1-5-14(18)6-2-11/h1-10H/b8-3+. The summed E-state index contributed by atoms with van der Waals surface area (Å²) in [4.78, 5) is 22.5. The molecule has 0 bridgehead atoms. The molecule has 0 amide bonds. The van der Waals surface area contributed by atoms with Gasteiger partial charge in [-0.25, -0.2) is 9.18 Å². The molecule has 21 heavy (non-hydrogen) atoms. The van der Waals surface area contributed by atoms with Crippen LogP contribution in [0.25, 0.3) is 6.08 Å². The topological polar surface area (TPSA) is 43.4 Å². The van der Waals surface area contributed by atoms with E-state index in [1.807, 2.05) is 0 Å². The minimum Gasteiger partial charge on any atom is -0.423 e. The molecule has 0 saturated carbocycles. The maximum absolute atomic E-state index is 12.7. The molecule has 5 heteroatoms. The van der Waals surface area contributed by atoms with Gasteiger partial charge in [-0.3, -0.25) is 4.79 Å². The minimum atomic E-state index is -0.648. The van der Waals surface area contributed by atoms with Crippen LogP contribution in [0.1, 0.15) is 15.9 Å². The van der Waals surface area contributed by atoms with Crippen molar-refractivity contribution in [2.75, 3.05) is 0 Å². The lowest BCUT2D eigenvalue weighted by Crippen LogP contribution is -2.05. The van der Waals surface area contributed by atoms with Gasteiger partial charge in [-0.15, -0.1) is 0 Å². The summed E-state index contributed by atoms with van der Waals surface area (Å²) in [6.45, 7) is 0. The first-order valence-electron chi connectivity index (χ1n) is 5.98. The van der Waals surface area contributed by atoms with Crippen LogP contribution in [0.2, 0.25) is 5.02 Å². The molecule has 0 heterocycles. The fourth-order valence-electron chi connectivity index (χ4n) is 1.58. The third-order valence-electron chi connectivity index (χ3n) is 2.59. The van der Waals surface area contributed by atoms with Gasteiger partial charge in [-0.2, -0.15) is 0 Å². The number of rotatable bonds is 4. The van der Waals surface area contributed by atoms with E-state index >= 15 is 0 Å². The molecule has 0 fully saturated rings. The van der Waals surface area contributed by atoms with Gasteiger partial charge in [-0.05, 0) is 42.0 Å². The zero-order chi connectivity index (χ0) is 15.2. The Labute approximate surface area is 125 Å². The highest BCUT2D eigenvalue weighted by molar-refractivity contribution is 6.30. The molecule has 2 aromatic rings. The Morgan fingerprint density at radius 1 is 1.14 bits per heavy atom. The Morgan fingerprint density at radius 3 is 2.52 bits per heavy atom. The minimum absolute atomic E-state index is 0.128. The normalized spacial score (nSPS) is 10.6. The molecule has 0 aliphatic carbocycles. The highest BCUT2D eigenvalue weighted by atomic mass is 35.5. The van der Waals surface area contributed by atoms with E-state index in [4.69, 9.17) is 16.3 Å². The van der Waals surface area contributed by atoms with Crippen molar-refractivity contribution in [3.05, 3.63) is 70.5 Å². The van der Waals surface area contributed by atoms with E-state index < -0.39 is 5.97 Å². The number of hydrogen-bond donors (Lipinski definition) is 0. The van der Waals surface area contributed by atoms with Crippen molar-refractivity contribution < 1.29 is 18.7 Å². The van der Waals surface area contributed by atoms with Crippen LogP contribution in [0.3, 0.4) is 0 Å². The Balaban J connectivity index is 2.08. The Morgan fingerprint density at radius 2 is 1.86 bits per heavy atom. The van der Waals surface area contributed by atoms with E-state index in [0.717, 1.165) is 0 Å². The summed E-state index contributed by atoms with van der Waals surface area (Å²) in [7, 11) is 0. The van der Waals surface area contributed by atoms with E-state index in [9.17, 15) is 14.0 Å². The van der Waals surface area contributed by atoms with Crippen molar-refractivity contribution in [2.45, 2.75) is 0 Å². The maximum Gasteiger partial charge on any atom is 0.336 e. The first-order chi connectivity index (χ1) is 10.1. The maximum atomic E-state index is 12.7. The summed E-state index contributed by atoms with van der Waals surface area (Å²) in [5.41, 5.74) is 0.839. The molecule has 0 saturated heterocycles. The Hall–Kier alpha value is -2.46. The average molecular weight is 305 g/mol. The first-order valence-corrected chi connectivity index (χ1v) is 6.36. The first kappa shape index (κ1) is 14.9. The zero-order valence-corrected chi connectivity index (χ0v) is 11.5. The van der Waals surface area contributed by atoms with E-state index in [1.165, 1.54) is 54.6 Å². The molecule has 0 aliphatic heterocycles. The van der Waals surface area contributed by atoms with Crippen molar-refractivity contribution in [2.24, 2.45) is 0 Å². The number of carbonyl (C=O) groups excluding carboxylic acids is 2. The molecule has 3 nitrogen and oxygen atoms in total. The highest BCUT2D eigenvalue weighted by Gasteiger charge is 2.07. The van der Waals surface area contributed by atoms with Crippen LogP contribution >= 0.6 is 11.6 Å². The van der Waals surface area contributed by atoms with Gasteiger partial charge in [0, 0.05) is 11.1 Å². The lowest BCUT2D eigenvalue weighted by atomic mass is 10.2. The van der Waals surface area contributed by atoms with Crippen molar-refractivity contribution in [3.63, 3.8) is 0 Å². The number of esters is 1. The van der Waals surface area contributed by atoms with E-state index in [-0.39, 0.29) is 17.1 Å². The molecule has 0 unspecified atom stereocenters. The predicted octanol–water partition coefficient (Wildman–Crippen LogP) is 3.91. The predicted molar refractivity (Wildman–Crippen MR) is 77.9 cm³/mol. The molecule has 0 radical (unpaired) electrons. The number of carbonyl (C=O) groups is 2. The van der Waals surface area contributed by atoms with Crippen LogP contribution in [-0.4, -0.2) is 12.3 Å². The summed E-state index contributed by atoms with van der Waals surface area (Å²) in [5.74, 6) is -0.876. The van der Waals surface area contributed by atoms with Crippen LogP contribution in [0.4, 0.5) is 4.39 Å². The van der Waals surface area contributed by atoms with E-state index in [2.05, 4.69) is 0 Å². The third-order valence-corrected chi connectivity index (χ3v) is 2.83. The van der Waals surface area contributed by atoms with Gasteiger partial charge < -0.3 is 4.74 Å². The summed E-state index contributed by atoms with van der Waals surface area (Å²) in [6.07, 6.45) is 3.23. The Kier molecular flexibility index (Phi) is 4.85. The second kappa shape index (κ2) is 6.81. The van der Waals surface area contributed by atoms with Crippen LogP contribution in [-0.2, 0) is 4.79 Å². The van der Waals surface area contributed by atoms with Gasteiger partial charge in [0.15, 0.2) is 6.29 Å². The molecule has 106 valence electrons. The van der Waals surface area contributed by atoms with Crippen molar-refractivity contribution >= 4 is 29.9 Å². The molecule has 0 aromatic heterocycles. The van der Waals surface area contributed by atoms with Crippen LogP contribution in [0.15, 0.2) is 48.5 Å². The van der Waals surface area contributed by atoms with Crippen molar-refractivity contribution in [3.8, 4) is 5.75 Å². The van der Waals surface area contributed by atoms with Crippen molar-refractivity contribution in [1.29, 1.82) is 0 Å². The van der Waals surface area contributed by atoms with E-state index in [1.54, 1.807) is 0 Å². The number of hydrogen-bond acceptors (Lipinski definition) is 3. The highest BCUT2D eigenvalue weighted by Crippen LogP contribution is 2.21. The van der Waals surface area contributed by atoms with Gasteiger partial charge >= 0.3 is 5.97 Å². The molecule has 0 spiro atoms. The molecule has 2 rings (SSSR count). The van der Waals surface area contributed by atoms with Crippen molar-refractivity contribution in [1.82, 2.24) is 0 Å². The van der Waals surface area contributed by atoms with Crippen LogP contribution in [0.5, 0.6) is 5.75 Å².